The number of hydrogen-bond donors (Lipinski definition) is 2. The molecule has 0 bridgehead atoms. The Morgan fingerprint density at radius 1 is 1.18 bits per heavy atom. The molecule has 1 aliphatic rings. The number of nitrogens with zero attached hydrogens (tertiary/aromatic N) is 1. The maximum absolute atomic E-state index is 12.8. The van der Waals surface area contributed by atoms with Gasteiger partial charge in [0.25, 0.3) is 5.91 Å². The van der Waals surface area contributed by atoms with Crippen LogP contribution in [0, 0.1) is 0 Å². The third-order valence-electron chi connectivity index (χ3n) is 5.04. The molecule has 1 heterocycles. The second-order valence-corrected chi connectivity index (χ2v) is 6.91. The summed E-state index contributed by atoms with van der Waals surface area (Å²) in [5, 5.41) is 13.2. The lowest BCUT2D eigenvalue weighted by Crippen LogP contribution is -2.52. The molecule has 2 N–H and O–H groups in total. The molecule has 2 atom stereocenters. The van der Waals surface area contributed by atoms with Gasteiger partial charge in [0.1, 0.15) is 11.8 Å². The monoisotopic (exact) mass is 382 g/mol. The summed E-state index contributed by atoms with van der Waals surface area (Å²) in [5.74, 6) is 0.287. The first-order chi connectivity index (χ1) is 13.6. The molecular weight excluding hydrogens is 356 g/mol. The van der Waals surface area contributed by atoms with Crippen molar-refractivity contribution in [3.63, 3.8) is 0 Å². The van der Waals surface area contributed by atoms with Gasteiger partial charge >= 0.3 is 0 Å². The predicted molar refractivity (Wildman–Crippen MR) is 106 cm³/mol. The molecule has 2 unspecified atom stereocenters. The maximum Gasteiger partial charge on any atom is 0.254 e. The van der Waals surface area contributed by atoms with Gasteiger partial charge in [-0.25, -0.2) is 0 Å². The van der Waals surface area contributed by atoms with Gasteiger partial charge < -0.3 is 20.1 Å². The van der Waals surface area contributed by atoms with Crippen molar-refractivity contribution in [3.05, 3.63) is 65.7 Å². The van der Waals surface area contributed by atoms with E-state index in [9.17, 15) is 14.7 Å². The minimum Gasteiger partial charge on any atom is -0.497 e. The van der Waals surface area contributed by atoms with Gasteiger partial charge in [0.15, 0.2) is 0 Å². The number of aliphatic hydroxyl groups excluding tert-OH is 1. The van der Waals surface area contributed by atoms with E-state index in [2.05, 4.69) is 5.32 Å². The summed E-state index contributed by atoms with van der Waals surface area (Å²) in [4.78, 5) is 27.2. The fourth-order valence-corrected chi connectivity index (χ4v) is 3.48. The van der Waals surface area contributed by atoms with Gasteiger partial charge in [-0.15, -0.1) is 0 Å². The third kappa shape index (κ3) is 4.70. The number of rotatable bonds is 6. The van der Waals surface area contributed by atoms with E-state index in [4.69, 9.17) is 4.74 Å². The van der Waals surface area contributed by atoms with Crippen LogP contribution in [-0.2, 0) is 4.79 Å². The van der Waals surface area contributed by atoms with Crippen molar-refractivity contribution in [2.75, 3.05) is 20.2 Å². The number of piperidine rings is 1. The van der Waals surface area contributed by atoms with Gasteiger partial charge in [0.2, 0.25) is 5.91 Å². The summed E-state index contributed by atoms with van der Waals surface area (Å²) in [6.07, 6.45) is 1.56. The zero-order valence-corrected chi connectivity index (χ0v) is 16.0. The molecule has 6 nitrogen and oxygen atoms in total. The van der Waals surface area contributed by atoms with E-state index in [1.165, 1.54) is 0 Å². The Labute approximate surface area is 165 Å². The Morgan fingerprint density at radius 3 is 2.71 bits per heavy atom. The molecule has 1 saturated heterocycles. The average Bonchev–Trinajstić information content (AvgIpc) is 2.77. The van der Waals surface area contributed by atoms with Crippen LogP contribution >= 0.6 is 0 Å². The molecule has 0 spiro atoms. The molecule has 148 valence electrons. The highest BCUT2D eigenvalue weighted by Crippen LogP contribution is 2.21. The maximum atomic E-state index is 12.8. The molecule has 0 aromatic heterocycles. The van der Waals surface area contributed by atoms with E-state index in [1.54, 1.807) is 48.4 Å². The van der Waals surface area contributed by atoms with Gasteiger partial charge in [0.05, 0.1) is 13.2 Å². The zero-order valence-electron chi connectivity index (χ0n) is 16.0. The summed E-state index contributed by atoms with van der Waals surface area (Å²) in [7, 11) is 1.56. The highest BCUT2D eigenvalue weighted by atomic mass is 16.5. The standard InChI is InChI=1S/C22H26N2O4/c1-28-18-11-7-10-17(14-18)20(25)15-23-21(26)19-12-5-6-13-24(19)22(27)16-8-3-2-4-9-16/h2-4,7-11,14,19-20,25H,5-6,12-13,15H2,1H3,(H,23,26). The molecule has 2 aromatic rings. The Balaban J connectivity index is 1.63. The number of benzene rings is 2. The number of aliphatic hydroxyl groups is 1. The van der Waals surface area contributed by atoms with Crippen molar-refractivity contribution in [3.8, 4) is 5.75 Å². The Morgan fingerprint density at radius 2 is 1.96 bits per heavy atom. The van der Waals surface area contributed by atoms with Crippen LogP contribution in [0.5, 0.6) is 5.75 Å². The molecule has 28 heavy (non-hydrogen) atoms. The Bertz CT molecular complexity index is 809. The normalized spacial score (nSPS) is 17.6. The first kappa shape index (κ1) is 19.9. The number of hydrogen-bond acceptors (Lipinski definition) is 4. The van der Waals surface area contributed by atoms with Gasteiger partial charge in [-0.2, -0.15) is 0 Å². The van der Waals surface area contributed by atoms with E-state index in [-0.39, 0.29) is 18.4 Å². The van der Waals surface area contributed by atoms with Crippen LogP contribution in [0.25, 0.3) is 0 Å². The van der Waals surface area contributed by atoms with Gasteiger partial charge in [-0.05, 0) is 49.1 Å². The fourth-order valence-electron chi connectivity index (χ4n) is 3.48. The minimum absolute atomic E-state index is 0.0792. The summed E-state index contributed by atoms with van der Waals surface area (Å²) >= 11 is 0. The quantitative estimate of drug-likeness (QED) is 0.805. The van der Waals surface area contributed by atoms with E-state index < -0.39 is 12.1 Å². The lowest BCUT2D eigenvalue weighted by Gasteiger charge is -2.35. The van der Waals surface area contributed by atoms with E-state index >= 15 is 0 Å². The van der Waals surface area contributed by atoms with Crippen molar-refractivity contribution < 1.29 is 19.4 Å². The molecular formula is C22H26N2O4. The molecule has 0 saturated carbocycles. The van der Waals surface area contributed by atoms with Crippen molar-refractivity contribution in [2.24, 2.45) is 0 Å². The van der Waals surface area contributed by atoms with Gasteiger partial charge in [-0.3, -0.25) is 9.59 Å². The van der Waals surface area contributed by atoms with E-state index in [0.717, 1.165) is 12.8 Å². The van der Waals surface area contributed by atoms with Crippen LogP contribution in [-0.4, -0.2) is 48.1 Å². The molecule has 0 radical (unpaired) electrons. The van der Waals surface area contributed by atoms with Gasteiger partial charge in [-0.1, -0.05) is 30.3 Å². The lowest BCUT2D eigenvalue weighted by atomic mass is 9.99. The summed E-state index contributed by atoms with van der Waals surface area (Å²) < 4.78 is 5.17. The van der Waals surface area contributed by atoms with E-state index in [1.807, 2.05) is 18.2 Å². The van der Waals surface area contributed by atoms with Crippen molar-refractivity contribution >= 4 is 11.8 Å². The van der Waals surface area contributed by atoms with Crippen LogP contribution < -0.4 is 10.1 Å². The number of carbonyl (C=O) groups is 2. The second-order valence-electron chi connectivity index (χ2n) is 6.91. The average molecular weight is 382 g/mol. The van der Waals surface area contributed by atoms with Crippen molar-refractivity contribution in [1.29, 1.82) is 0 Å². The number of nitrogens with one attached hydrogen (secondary N) is 1. The number of likely N-dealkylation sites (tertiary alicyclic amines) is 1. The SMILES string of the molecule is COc1cccc(C(O)CNC(=O)C2CCCCN2C(=O)c2ccccc2)c1. The number of ether oxygens (including phenoxy) is 1. The molecule has 1 aliphatic heterocycles. The van der Waals surface area contributed by atoms with Crippen molar-refractivity contribution in [2.45, 2.75) is 31.4 Å². The van der Waals surface area contributed by atoms with E-state index in [0.29, 0.717) is 29.8 Å². The fraction of sp³-hybridized carbons (Fsp3) is 0.364. The summed E-state index contributed by atoms with van der Waals surface area (Å²) in [5.41, 5.74) is 1.25. The van der Waals surface area contributed by atoms with Crippen LogP contribution in [0.3, 0.4) is 0 Å². The molecule has 2 amide bonds. The molecule has 6 heteroatoms. The number of carbonyl (C=O) groups excluding carboxylic acids is 2. The minimum atomic E-state index is -0.846. The smallest absolute Gasteiger partial charge is 0.254 e. The van der Waals surface area contributed by atoms with Crippen LogP contribution in [0.1, 0.15) is 41.3 Å². The molecule has 2 aromatic carbocycles. The highest BCUT2D eigenvalue weighted by molar-refractivity contribution is 5.97. The molecule has 1 fully saturated rings. The number of amides is 2. The topological polar surface area (TPSA) is 78.9 Å². The third-order valence-corrected chi connectivity index (χ3v) is 5.04. The number of methoxy groups -OCH3 is 1. The largest absolute Gasteiger partial charge is 0.497 e. The summed E-state index contributed by atoms with van der Waals surface area (Å²) in [6, 6.07) is 15.6. The first-order valence-electron chi connectivity index (χ1n) is 9.56. The van der Waals surface area contributed by atoms with Crippen LogP contribution in [0.4, 0.5) is 0 Å². The Hall–Kier alpha value is -2.86. The first-order valence-corrected chi connectivity index (χ1v) is 9.56. The lowest BCUT2D eigenvalue weighted by molar-refractivity contribution is -0.127. The second kappa shape index (κ2) is 9.37. The van der Waals surface area contributed by atoms with Crippen LogP contribution in [0.15, 0.2) is 54.6 Å². The van der Waals surface area contributed by atoms with Gasteiger partial charge in [0, 0.05) is 18.7 Å². The molecule has 0 aliphatic carbocycles. The summed E-state index contributed by atoms with van der Waals surface area (Å²) in [6.45, 7) is 0.639. The van der Waals surface area contributed by atoms with Crippen LogP contribution in [0.2, 0.25) is 0 Å². The van der Waals surface area contributed by atoms with Crippen molar-refractivity contribution in [1.82, 2.24) is 10.2 Å². The predicted octanol–water partition coefficient (Wildman–Crippen LogP) is 2.54. The highest BCUT2D eigenvalue weighted by Gasteiger charge is 2.32. The molecule has 3 rings (SSSR count). The Kier molecular flexibility index (Phi) is 6.66. The zero-order chi connectivity index (χ0) is 19.9.